The largest absolute Gasteiger partial charge is 0.496 e. The fraction of sp³-hybridized carbons (Fsp3) is 0.348. The topological polar surface area (TPSA) is 97.5 Å². The number of hydrogen-bond acceptors (Lipinski definition) is 8. The van der Waals surface area contributed by atoms with E-state index in [0.717, 1.165) is 58.6 Å². The molecule has 1 aliphatic heterocycles. The lowest BCUT2D eigenvalue weighted by Crippen LogP contribution is -2.30. The highest BCUT2D eigenvalue weighted by Crippen LogP contribution is 2.41. The Labute approximate surface area is 186 Å². The molecule has 1 aliphatic rings. The lowest BCUT2D eigenvalue weighted by molar-refractivity contribution is 0.416. The number of ether oxygens (including phenoxy) is 1. The van der Waals surface area contributed by atoms with E-state index in [0.29, 0.717) is 17.7 Å². The van der Waals surface area contributed by atoms with E-state index in [4.69, 9.17) is 15.5 Å². The molecule has 4 rings (SSSR count). The summed E-state index contributed by atoms with van der Waals surface area (Å²) >= 11 is 1.68. The van der Waals surface area contributed by atoms with Gasteiger partial charge in [0.2, 0.25) is 5.95 Å². The number of anilines is 1. The molecule has 1 fully saturated rings. The van der Waals surface area contributed by atoms with Crippen LogP contribution < -0.4 is 21.1 Å². The summed E-state index contributed by atoms with van der Waals surface area (Å²) in [4.78, 5) is 15.1. The van der Waals surface area contributed by atoms with Gasteiger partial charge in [-0.05, 0) is 51.4 Å². The molecule has 1 aromatic carbocycles. The maximum Gasteiger partial charge on any atom is 0.227 e. The zero-order chi connectivity index (χ0) is 21.8. The summed E-state index contributed by atoms with van der Waals surface area (Å²) in [5.41, 5.74) is 10.7. The molecule has 0 saturated carbocycles. The summed E-state index contributed by atoms with van der Waals surface area (Å²) in [5, 5.41) is 6.56. The van der Waals surface area contributed by atoms with Gasteiger partial charge in [0.05, 0.1) is 35.3 Å². The van der Waals surface area contributed by atoms with Gasteiger partial charge in [0.1, 0.15) is 5.75 Å². The van der Waals surface area contributed by atoms with Gasteiger partial charge in [0, 0.05) is 28.4 Å². The van der Waals surface area contributed by atoms with Gasteiger partial charge >= 0.3 is 0 Å². The second-order valence-corrected chi connectivity index (χ2v) is 8.91. The number of nitrogens with one attached hydrogen (secondary N) is 2. The quantitative estimate of drug-likeness (QED) is 0.505. The van der Waals surface area contributed by atoms with Crippen LogP contribution in [-0.4, -0.2) is 42.4 Å². The number of hydrogen-bond donors (Lipinski definition) is 3. The Morgan fingerprint density at radius 3 is 2.87 bits per heavy atom. The second kappa shape index (κ2) is 9.45. The number of aliphatic imine (C=N–C) groups is 1. The first-order valence-corrected chi connectivity index (χ1v) is 11.2. The van der Waals surface area contributed by atoms with Crippen LogP contribution in [0.4, 0.5) is 5.95 Å². The summed E-state index contributed by atoms with van der Waals surface area (Å²) in [7, 11) is 1.70. The molecule has 0 radical (unpaired) electrons. The van der Waals surface area contributed by atoms with Crippen molar-refractivity contribution in [2.24, 2.45) is 10.7 Å². The fourth-order valence-electron chi connectivity index (χ4n) is 3.78. The van der Waals surface area contributed by atoms with Crippen molar-refractivity contribution in [3.8, 4) is 16.9 Å². The third kappa shape index (κ3) is 4.70. The summed E-state index contributed by atoms with van der Waals surface area (Å²) in [6.07, 6.45) is 7.21. The number of thiophene rings is 1. The molecular weight excluding hydrogens is 408 g/mol. The third-order valence-electron chi connectivity index (χ3n) is 5.40. The highest BCUT2D eigenvalue weighted by molar-refractivity contribution is 7.19. The van der Waals surface area contributed by atoms with Gasteiger partial charge in [-0.25, -0.2) is 9.97 Å². The van der Waals surface area contributed by atoms with Crippen molar-refractivity contribution in [3.63, 3.8) is 0 Å². The molecule has 8 heteroatoms. The van der Waals surface area contributed by atoms with Crippen molar-refractivity contribution < 1.29 is 4.74 Å². The Kier molecular flexibility index (Phi) is 6.48. The Morgan fingerprint density at radius 1 is 1.32 bits per heavy atom. The molecule has 162 valence electrons. The second-order valence-electron chi connectivity index (χ2n) is 7.65. The van der Waals surface area contributed by atoms with E-state index in [9.17, 15) is 0 Å². The molecule has 31 heavy (non-hydrogen) atoms. The first kappa shape index (κ1) is 21.3. The molecule has 0 spiro atoms. The van der Waals surface area contributed by atoms with Crippen LogP contribution in [0.25, 0.3) is 21.3 Å². The molecule has 0 bridgehead atoms. The SMILES string of the molecule is COc1cc(C)ccc1-c1c(C)sc2cnc(NC(C=NC3CCNCC3)=CN)nc12. The van der Waals surface area contributed by atoms with Crippen LogP contribution in [0.5, 0.6) is 5.75 Å². The van der Waals surface area contributed by atoms with Crippen LogP contribution in [-0.2, 0) is 0 Å². The minimum atomic E-state index is 0.321. The van der Waals surface area contributed by atoms with Crippen LogP contribution in [0, 0.1) is 13.8 Å². The first-order chi connectivity index (χ1) is 15.1. The Balaban J connectivity index is 1.65. The van der Waals surface area contributed by atoms with Crippen molar-refractivity contribution in [1.29, 1.82) is 0 Å². The van der Waals surface area contributed by atoms with Crippen molar-refractivity contribution >= 4 is 33.7 Å². The number of nitrogens with zero attached hydrogens (tertiary/aromatic N) is 3. The van der Waals surface area contributed by atoms with Gasteiger partial charge in [-0.1, -0.05) is 12.1 Å². The number of allylic oxidation sites excluding steroid dienone is 1. The number of benzene rings is 1. The van der Waals surface area contributed by atoms with E-state index in [1.165, 1.54) is 11.1 Å². The molecule has 0 atom stereocenters. The van der Waals surface area contributed by atoms with Crippen LogP contribution in [0.1, 0.15) is 23.3 Å². The van der Waals surface area contributed by atoms with E-state index < -0.39 is 0 Å². The minimum absolute atomic E-state index is 0.321. The molecule has 7 nitrogen and oxygen atoms in total. The number of piperidine rings is 1. The number of methoxy groups -OCH3 is 1. The van der Waals surface area contributed by atoms with Gasteiger partial charge in [0.25, 0.3) is 0 Å². The maximum absolute atomic E-state index is 5.83. The van der Waals surface area contributed by atoms with E-state index in [-0.39, 0.29) is 0 Å². The van der Waals surface area contributed by atoms with Crippen molar-refractivity contribution in [1.82, 2.24) is 15.3 Å². The van der Waals surface area contributed by atoms with Gasteiger partial charge in [-0.2, -0.15) is 0 Å². The number of rotatable bonds is 6. The number of aromatic nitrogens is 2. The van der Waals surface area contributed by atoms with E-state index in [2.05, 4.69) is 46.6 Å². The van der Waals surface area contributed by atoms with E-state index >= 15 is 0 Å². The van der Waals surface area contributed by atoms with Gasteiger partial charge < -0.3 is 21.1 Å². The lowest BCUT2D eigenvalue weighted by atomic mass is 10.0. The predicted molar refractivity (Wildman–Crippen MR) is 129 cm³/mol. The third-order valence-corrected chi connectivity index (χ3v) is 6.43. The smallest absolute Gasteiger partial charge is 0.227 e. The zero-order valence-electron chi connectivity index (χ0n) is 18.1. The number of aryl methyl sites for hydroxylation is 2. The fourth-order valence-corrected chi connectivity index (χ4v) is 4.77. The monoisotopic (exact) mass is 436 g/mol. The molecule has 1 saturated heterocycles. The summed E-state index contributed by atoms with van der Waals surface area (Å²) in [5.74, 6) is 1.33. The first-order valence-electron chi connectivity index (χ1n) is 10.4. The Hall–Kier alpha value is -2.97. The normalized spacial score (nSPS) is 15.6. The zero-order valence-corrected chi connectivity index (χ0v) is 18.9. The summed E-state index contributed by atoms with van der Waals surface area (Å²) in [6.45, 7) is 6.16. The van der Waals surface area contributed by atoms with Crippen LogP contribution >= 0.6 is 11.3 Å². The maximum atomic E-state index is 5.83. The van der Waals surface area contributed by atoms with Gasteiger partial charge in [-0.3, -0.25) is 4.99 Å². The standard InChI is InChI=1S/C23H28N6OS/c1-14-4-5-18(19(10-14)30-3)21-15(2)31-20-13-27-23(29-22(20)21)28-17(11-24)12-26-16-6-8-25-9-7-16/h4-5,10-13,16,25H,6-9,24H2,1-3H3,(H,27,28,29). The van der Waals surface area contributed by atoms with Crippen LogP contribution in [0.15, 0.2) is 41.3 Å². The highest BCUT2D eigenvalue weighted by atomic mass is 32.1. The average Bonchev–Trinajstić information content (AvgIpc) is 3.12. The average molecular weight is 437 g/mol. The van der Waals surface area contributed by atoms with Crippen LogP contribution in [0.2, 0.25) is 0 Å². The Bertz CT molecular complexity index is 1130. The summed E-state index contributed by atoms with van der Waals surface area (Å²) < 4.78 is 6.68. The number of fused-ring (bicyclic) bond motifs is 1. The molecule has 0 aliphatic carbocycles. The predicted octanol–water partition coefficient (Wildman–Crippen LogP) is 4.02. The van der Waals surface area contributed by atoms with Crippen molar-refractivity contribution in [2.45, 2.75) is 32.7 Å². The molecule has 2 aromatic heterocycles. The summed E-state index contributed by atoms with van der Waals surface area (Å²) in [6, 6.07) is 6.55. The van der Waals surface area contributed by atoms with Crippen LogP contribution in [0.3, 0.4) is 0 Å². The molecule has 0 amide bonds. The molecule has 4 N–H and O–H groups in total. The van der Waals surface area contributed by atoms with Gasteiger partial charge in [0.15, 0.2) is 0 Å². The van der Waals surface area contributed by atoms with E-state index in [1.807, 2.05) is 12.3 Å². The van der Waals surface area contributed by atoms with E-state index in [1.54, 1.807) is 24.7 Å². The molecule has 3 heterocycles. The Morgan fingerprint density at radius 2 is 2.13 bits per heavy atom. The minimum Gasteiger partial charge on any atom is -0.496 e. The molecular formula is C23H28N6OS. The highest BCUT2D eigenvalue weighted by Gasteiger charge is 2.18. The molecule has 0 unspecified atom stereocenters. The molecule has 3 aromatic rings. The number of nitrogens with two attached hydrogens (primary N) is 1. The lowest BCUT2D eigenvalue weighted by Gasteiger charge is -2.18. The van der Waals surface area contributed by atoms with Crippen molar-refractivity contribution in [3.05, 3.63) is 46.7 Å². The van der Waals surface area contributed by atoms with Gasteiger partial charge in [-0.15, -0.1) is 11.3 Å². The van der Waals surface area contributed by atoms with Crippen molar-refractivity contribution in [2.75, 3.05) is 25.5 Å².